The summed E-state index contributed by atoms with van der Waals surface area (Å²) in [6.45, 7) is 0. The second kappa shape index (κ2) is 8.48. The lowest BCUT2D eigenvalue weighted by molar-refractivity contribution is 0.255. The Morgan fingerprint density at radius 1 is 0.808 bits per heavy atom. The molecular weight excluding hydrogens is 329 g/mol. The Balaban J connectivity index is 1.51. The Bertz CT molecular complexity index is 893. The van der Waals surface area contributed by atoms with E-state index in [4.69, 9.17) is 0 Å². The van der Waals surface area contributed by atoms with Crippen LogP contribution >= 0.6 is 0 Å². The van der Waals surface area contributed by atoms with Crippen molar-refractivity contribution in [2.75, 3.05) is 10.6 Å². The molecule has 2 amide bonds. The molecule has 0 unspecified atom stereocenters. The minimum Gasteiger partial charge on any atom is -0.356 e. The zero-order chi connectivity index (χ0) is 18.2. The summed E-state index contributed by atoms with van der Waals surface area (Å²) in [5, 5.41) is 8.58. The number of amides is 2. The number of rotatable bonds is 5. The third-order valence-corrected chi connectivity index (χ3v) is 3.54. The van der Waals surface area contributed by atoms with Crippen molar-refractivity contribution in [3.05, 3.63) is 96.4 Å². The number of hydrogen-bond acceptors (Lipinski definition) is 2. The van der Waals surface area contributed by atoms with E-state index in [1.54, 1.807) is 30.3 Å². The second-order valence-electron chi connectivity index (χ2n) is 5.56. The van der Waals surface area contributed by atoms with Crippen LogP contribution < -0.4 is 16.0 Å². The highest BCUT2D eigenvalue weighted by Crippen LogP contribution is 2.18. The maximum absolute atomic E-state index is 13.1. The van der Waals surface area contributed by atoms with Crippen LogP contribution in [0.3, 0.4) is 0 Å². The van der Waals surface area contributed by atoms with Crippen LogP contribution in [0.2, 0.25) is 0 Å². The quantitative estimate of drug-likeness (QED) is 0.582. The molecule has 26 heavy (non-hydrogen) atoms. The first-order chi connectivity index (χ1) is 12.7. The van der Waals surface area contributed by atoms with E-state index in [2.05, 4.69) is 16.0 Å². The highest BCUT2D eigenvalue weighted by atomic mass is 19.1. The van der Waals surface area contributed by atoms with E-state index in [1.165, 1.54) is 18.3 Å². The van der Waals surface area contributed by atoms with Gasteiger partial charge in [-0.2, -0.15) is 0 Å². The van der Waals surface area contributed by atoms with Crippen molar-refractivity contribution in [2.24, 2.45) is 0 Å². The van der Waals surface area contributed by atoms with Crippen molar-refractivity contribution >= 4 is 29.2 Å². The molecule has 0 atom stereocenters. The molecular formula is C21H18FN3O. The molecule has 5 heteroatoms. The molecule has 4 nitrogen and oxygen atoms in total. The second-order valence-corrected chi connectivity index (χ2v) is 5.56. The summed E-state index contributed by atoms with van der Waals surface area (Å²) in [5.74, 6) is -0.319. The van der Waals surface area contributed by atoms with Gasteiger partial charge in [0.1, 0.15) is 5.82 Å². The fourth-order valence-electron chi connectivity index (χ4n) is 2.32. The molecule has 3 N–H and O–H groups in total. The maximum atomic E-state index is 13.1. The van der Waals surface area contributed by atoms with Crippen molar-refractivity contribution in [3.63, 3.8) is 0 Å². The number of para-hydroxylation sites is 1. The van der Waals surface area contributed by atoms with Gasteiger partial charge in [0.2, 0.25) is 0 Å². The van der Waals surface area contributed by atoms with Crippen LogP contribution in [0.15, 0.2) is 85.1 Å². The predicted molar refractivity (Wildman–Crippen MR) is 104 cm³/mol. The molecule has 130 valence electrons. The molecule has 3 aromatic rings. The first-order valence-electron chi connectivity index (χ1n) is 8.11. The number of benzene rings is 3. The fraction of sp³-hybridized carbons (Fsp3) is 0. The van der Waals surface area contributed by atoms with Crippen LogP contribution in [0.1, 0.15) is 5.56 Å². The van der Waals surface area contributed by atoms with Gasteiger partial charge >= 0.3 is 6.03 Å². The molecule has 0 spiro atoms. The number of halogens is 1. The highest BCUT2D eigenvalue weighted by Gasteiger charge is 2.00. The molecule has 0 saturated carbocycles. The monoisotopic (exact) mass is 347 g/mol. The van der Waals surface area contributed by atoms with Crippen LogP contribution in [0, 0.1) is 5.82 Å². The Morgan fingerprint density at radius 2 is 1.50 bits per heavy atom. The van der Waals surface area contributed by atoms with Gasteiger partial charge in [0.25, 0.3) is 0 Å². The van der Waals surface area contributed by atoms with Gasteiger partial charge in [-0.05, 0) is 60.2 Å². The van der Waals surface area contributed by atoms with Crippen LogP contribution in [-0.4, -0.2) is 6.03 Å². The SMILES string of the molecule is O=C(N/C=C/c1cccc(F)c1)Nc1ccc(Nc2ccccc2)cc1. The summed E-state index contributed by atoms with van der Waals surface area (Å²) < 4.78 is 13.1. The Labute approximate surface area is 151 Å². The van der Waals surface area contributed by atoms with Crippen LogP contribution in [-0.2, 0) is 0 Å². The zero-order valence-corrected chi connectivity index (χ0v) is 13.9. The van der Waals surface area contributed by atoms with Gasteiger partial charge < -0.3 is 16.0 Å². The summed E-state index contributed by atoms with van der Waals surface area (Å²) in [7, 11) is 0. The normalized spacial score (nSPS) is 10.5. The molecule has 0 fully saturated rings. The summed E-state index contributed by atoms with van der Waals surface area (Å²) in [6, 6.07) is 22.9. The molecule has 0 aliphatic heterocycles. The van der Waals surface area contributed by atoms with E-state index in [1.807, 2.05) is 42.5 Å². The van der Waals surface area contributed by atoms with Crippen molar-refractivity contribution in [2.45, 2.75) is 0 Å². The Morgan fingerprint density at radius 3 is 2.23 bits per heavy atom. The number of carbonyl (C=O) groups is 1. The van der Waals surface area contributed by atoms with Gasteiger partial charge in [-0.3, -0.25) is 0 Å². The Hall–Kier alpha value is -3.60. The molecule has 0 heterocycles. The minimum absolute atomic E-state index is 0.319. The van der Waals surface area contributed by atoms with Crippen LogP contribution in [0.5, 0.6) is 0 Å². The topological polar surface area (TPSA) is 53.2 Å². The standard InChI is InChI=1S/C21H18FN3O/c22-17-6-4-5-16(15-17)13-14-23-21(26)25-20-11-9-19(10-12-20)24-18-7-2-1-3-8-18/h1-15,24H,(H2,23,25,26)/b14-13+. The van der Waals surface area contributed by atoms with E-state index in [9.17, 15) is 9.18 Å². The van der Waals surface area contributed by atoms with E-state index >= 15 is 0 Å². The van der Waals surface area contributed by atoms with Crippen molar-refractivity contribution in [1.29, 1.82) is 0 Å². The average molecular weight is 347 g/mol. The minimum atomic E-state index is -0.374. The molecule has 3 rings (SSSR count). The maximum Gasteiger partial charge on any atom is 0.323 e. The lowest BCUT2D eigenvalue weighted by Crippen LogP contribution is -2.23. The number of urea groups is 1. The van der Waals surface area contributed by atoms with Gasteiger partial charge in [0.05, 0.1) is 0 Å². The Kier molecular flexibility index (Phi) is 5.62. The van der Waals surface area contributed by atoms with Crippen LogP contribution in [0.4, 0.5) is 26.2 Å². The number of hydrogen-bond donors (Lipinski definition) is 3. The van der Waals surface area contributed by atoms with E-state index in [0.717, 1.165) is 11.4 Å². The molecule has 0 aromatic heterocycles. The van der Waals surface area contributed by atoms with Crippen molar-refractivity contribution in [1.82, 2.24) is 5.32 Å². The molecule has 0 aliphatic carbocycles. The van der Waals surface area contributed by atoms with Gasteiger partial charge in [-0.1, -0.05) is 30.3 Å². The third-order valence-electron chi connectivity index (χ3n) is 3.54. The van der Waals surface area contributed by atoms with E-state index in [0.29, 0.717) is 11.3 Å². The summed E-state index contributed by atoms with van der Waals surface area (Å²) in [6.07, 6.45) is 3.09. The van der Waals surface area contributed by atoms with Crippen LogP contribution in [0.25, 0.3) is 6.08 Å². The predicted octanol–water partition coefficient (Wildman–Crippen LogP) is 5.36. The summed E-state index contributed by atoms with van der Waals surface area (Å²) >= 11 is 0. The first-order valence-corrected chi connectivity index (χ1v) is 8.11. The fourth-order valence-corrected chi connectivity index (χ4v) is 2.32. The van der Waals surface area contributed by atoms with Crippen molar-refractivity contribution < 1.29 is 9.18 Å². The van der Waals surface area contributed by atoms with Gasteiger partial charge in [-0.15, -0.1) is 0 Å². The smallest absolute Gasteiger partial charge is 0.323 e. The molecule has 0 bridgehead atoms. The lowest BCUT2D eigenvalue weighted by atomic mass is 10.2. The van der Waals surface area contributed by atoms with Gasteiger partial charge in [0, 0.05) is 23.3 Å². The number of anilines is 3. The van der Waals surface area contributed by atoms with Crippen molar-refractivity contribution in [3.8, 4) is 0 Å². The third kappa shape index (κ3) is 5.21. The highest BCUT2D eigenvalue weighted by molar-refractivity contribution is 5.90. The van der Waals surface area contributed by atoms with E-state index in [-0.39, 0.29) is 11.8 Å². The molecule has 0 saturated heterocycles. The van der Waals surface area contributed by atoms with E-state index < -0.39 is 0 Å². The zero-order valence-electron chi connectivity index (χ0n) is 13.9. The summed E-state index contributed by atoms with van der Waals surface area (Å²) in [5.41, 5.74) is 3.25. The summed E-state index contributed by atoms with van der Waals surface area (Å²) in [4.78, 5) is 11.9. The largest absolute Gasteiger partial charge is 0.356 e. The lowest BCUT2D eigenvalue weighted by Gasteiger charge is -2.08. The average Bonchev–Trinajstić information content (AvgIpc) is 2.64. The molecule has 3 aromatic carbocycles. The van der Waals surface area contributed by atoms with Gasteiger partial charge in [0.15, 0.2) is 0 Å². The first kappa shape index (κ1) is 17.2. The van der Waals surface area contributed by atoms with Gasteiger partial charge in [-0.25, -0.2) is 9.18 Å². The number of nitrogens with one attached hydrogen (secondary N) is 3. The molecule has 0 aliphatic rings. The number of carbonyl (C=O) groups excluding carboxylic acids is 1. The molecule has 0 radical (unpaired) electrons.